The van der Waals surface area contributed by atoms with E-state index in [1.165, 1.54) is 6.92 Å². The monoisotopic (exact) mass is 150 g/mol. The van der Waals surface area contributed by atoms with Gasteiger partial charge in [-0.05, 0) is 6.42 Å². The fourth-order valence-corrected chi connectivity index (χ4v) is 0.991. The number of aliphatic carboxylic acids is 1. The van der Waals surface area contributed by atoms with E-state index in [0.717, 1.165) is 0 Å². The summed E-state index contributed by atoms with van der Waals surface area (Å²) in [5, 5.41) is 8.30. The van der Waals surface area contributed by atoms with E-state index in [-0.39, 0.29) is 6.42 Å². The normalized spacial score (nSPS) is 38.2. The molecule has 1 rings (SSSR count). The largest absolute Gasteiger partial charge is 0.481 e. The van der Waals surface area contributed by atoms with Gasteiger partial charge in [0.25, 0.3) is 0 Å². The molecule has 1 saturated carbocycles. The van der Waals surface area contributed by atoms with E-state index in [1.54, 1.807) is 0 Å². The Kier molecular flexibility index (Phi) is 1.42. The van der Waals surface area contributed by atoms with Crippen LogP contribution in [0.25, 0.3) is 0 Å². The minimum absolute atomic E-state index is 0.111. The molecule has 1 N–H and O–H groups in total. The topological polar surface area (TPSA) is 37.3 Å². The van der Waals surface area contributed by atoms with Crippen LogP contribution < -0.4 is 0 Å². The third kappa shape index (κ3) is 0.874. The molecule has 58 valence electrons. The van der Waals surface area contributed by atoms with Crippen molar-refractivity contribution < 1.29 is 18.7 Å². The van der Waals surface area contributed by atoms with E-state index in [4.69, 9.17) is 5.11 Å². The van der Waals surface area contributed by atoms with Gasteiger partial charge in [0, 0.05) is 5.41 Å². The Labute approximate surface area is 56.8 Å². The molecule has 10 heavy (non-hydrogen) atoms. The average Bonchev–Trinajstić information content (AvgIpc) is 2.43. The van der Waals surface area contributed by atoms with Crippen LogP contribution in [0.1, 0.15) is 13.3 Å². The van der Waals surface area contributed by atoms with Gasteiger partial charge in [0.15, 0.2) is 0 Å². The van der Waals surface area contributed by atoms with Crippen LogP contribution in [-0.2, 0) is 4.79 Å². The van der Waals surface area contributed by atoms with E-state index in [2.05, 4.69) is 0 Å². The summed E-state index contributed by atoms with van der Waals surface area (Å²) >= 11 is 0. The van der Waals surface area contributed by atoms with Crippen LogP contribution in [0.4, 0.5) is 8.78 Å². The Balaban J connectivity index is 2.56. The van der Waals surface area contributed by atoms with E-state index >= 15 is 0 Å². The van der Waals surface area contributed by atoms with E-state index in [0.29, 0.717) is 0 Å². The number of hydrogen-bond acceptors (Lipinski definition) is 1. The van der Waals surface area contributed by atoms with Crippen LogP contribution in [0.5, 0.6) is 0 Å². The van der Waals surface area contributed by atoms with Crippen molar-refractivity contribution in [3.63, 3.8) is 0 Å². The van der Waals surface area contributed by atoms with Crippen LogP contribution in [0.3, 0.4) is 0 Å². The van der Waals surface area contributed by atoms with Gasteiger partial charge in [0.2, 0.25) is 6.43 Å². The van der Waals surface area contributed by atoms with Gasteiger partial charge in [-0.2, -0.15) is 0 Å². The van der Waals surface area contributed by atoms with Crippen molar-refractivity contribution in [3.8, 4) is 0 Å². The van der Waals surface area contributed by atoms with Crippen LogP contribution in [-0.4, -0.2) is 17.5 Å². The standard InChI is InChI=1S/C6H8F2O2/c1-6(5(7)8)2-3(6)4(9)10/h3,5H,2H2,1H3,(H,9,10). The van der Waals surface area contributed by atoms with Crippen LogP contribution in [0.15, 0.2) is 0 Å². The predicted molar refractivity (Wildman–Crippen MR) is 29.9 cm³/mol. The summed E-state index contributed by atoms with van der Waals surface area (Å²) in [7, 11) is 0. The lowest BCUT2D eigenvalue weighted by molar-refractivity contribution is -0.140. The van der Waals surface area contributed by atoms with Crippen LogP contribution >= 0.6 is 0 Å². The van der Waals surface area contributed by atoms with Crippen molar-refractivity contribution in [2.24, 2.45) is 11.3 Å². The predicted octanol–water partition coefficient (Wildman–Crippen LogP) is 1.36. The first-order valence-electron chi connectivity index (χ1n) is 2.99. The molecule has 2 nitrogen and oxygen atoms in total. The Morgan fingerprint density at radius 2 is 2.30 bits per heavy atom. The summed E-state index contributed by atoms with van der Waals surface area (Å²) in [4.78, 5) is 10.1. The lowest BCUT2D eigenvalue weighted by atomic mass is 10.1. The molecular formula is C6H8F2O2. The molecule has 0 radical (unpaired) electrons. The van der Waals surface area contributed by atoms with Gasteiger partial charge in [-0.15, -0.1) is 0 Å². The van der Waals surface area contributed by atoms with Gasteiger partial charge in [-0.25, -0.2) is 8.78 Å². The number of carboxylic acid groups (broad SMARTS) is 1. The van der Waals surface area contributed by atoms with E-state index in [1.807, 2.05) is 0 Å². The zero-order valence-corrected chi connectivity index (χ0v) is 5.47. The lowest BCUT2D eigenvalue weighted by Gasteiger charge is -2.05. The molecule has 0 aromatic heterocycles. The summed E-state index contributed by atoms with van der Waals surface area (Å²) < 4.78 is 23.9. The third-order valence-electron chi connectivity index (χ3n) is 2.08. The molecule has 1 aliphatic rings. The van der Waals surface area contributed by atoms with E-state index < -0.39 is 23.7 Å². The molecule has 0 spiro atoms. The minimum atomic E-state index is -2.51. The van der Waals surface area contributed by atoms with Crippen LogP contribution in [0, 0.1) is 11.3 Å². The first-order chi connectivity index (χ1) is 4.48. The average molecular weight is 150 g/mol. The summed E-state index contributed by atoms with van der Waals surface area (Å²) in [5.74, 6) is -1.93. The van der Waals surface area contributed by atoms with Gasteiger partial charge in [-0.3, -0.25) is 4.79 Å². The zero-order chi connectivity index (χ0) is 7.94. The first kappa shape index (κ1) is 7.44. The third-order valence-corrected chi connectivity index (χ3v) is 2.08. The molecule has 2 unspecified atom stereocenters. The van der Waals surface area contributed by atoms with Crippen molar-refractivity contribution in [2.45, 2.75) is 19.8 Å². The highest BCUT2D eigenvalue weighted by atomic mass is 19.3. The van der Waals surface area contributed by atoms with Crippen molar-refractivity contribution in [1.82, 2.24) is 0 Å². The van der Waals surface area contributed by atoms with Crippen molar-refractivity contribution in [1.29, 1.82) is 0 Å². The number of halogens is 2. The minimum Gasteiger partial charge on any atom is -0.481 e. The number of carbonyl (C=O) groups is 1. The molecule has 0 aliphatic heterocycles. The van der Waals surface area contributed by atoms with Crippen molar-refractivity contribution in [3.05, 3.63) is 0 Å². The quantitative estimate of drug-likeness (QED) is 0.645. The molecule has 2 atom stereocenters. The molecule has 0 heterocycles. The van der Waals surface area contributed by atoms with Gasteiger partial charge in [-0.1, -0.05) is 6.92 Å². The highest BCUT2D eigenvalue weighted by Crippen LogP contribution is 2.56. The number of carboxylic acids is 1. The second-order valence-corrected chi connectivity index (χ2v) is 2.90. The summed E-state index contributed by atoms with van der Waals surface area (Å²) in [6.45, 7) is 1.30. The molecule has 0 aromatic rings. The second kappa shape index (κ2) is 1.90. The summed E-state index contributed by atoms with van der Waals surface area (Å²) in [6.07, 6.45) is -2.39. The van der Waals surface area contributed by atoms with Gasteiger partial charge in [0.1, 0.15) is 0 Å². The fraction of sp³-hybridized carbons (Fsp3) is 0.833. The van der Waals surface area contributed by atoms with Gasteiger partial charge >= 0.3 is 5.97 Å². The molecule has 0 aromatic carbocycles. The maximum atomic E-state index is 12.0. The molecule has 0 bridgehead atoms. The van der Waals surface area contributed by atoms with Crippen molar-refractivity contribution >= 4 is 5.97 Å². The highest BCUT2D eigenvalue weighted by molar-refractivity contribution is 5.74. The fourth-order valence-electron chi connectivity index (χ4n) is 0.991. The number of rotatable bonds is 2. The molecular weight excluding hydrogens is 142 g/mol. The molecule has 0 saturated heterocycles. The first-order valence-corrected chi connectivity index (χ1v) is 2.99. The highest BCUT2D eigenvalue weighted by Gasteiger charge is 2.61. The number of alkyl halides is 2. The Morgan fingerprint density at radius 3 is 2.40 bits per heavy atom. The molecule has 4 heteroatoms. The maximum absolute atomic E-state index is 12.0. The lowest BCUT2D eigenvalue weighted by Crippen LogP contribution is -2.14. The van der Waals surface area contributed by atoms with Crippen LogP contribution in [0.2, 0.25) is 0 Å². The molecule has 0 amide bonds. The Morgan fingerprint density at radius 1 is 1.80 bits per heavy atom. The Hall–Kier alpha value is -0.670. The zero-order valence-electron chi connectivity index (χ0n) is 5.47. The Bertz CT molecular complexity index is 169. The van der Waals surface area contributed by atoms with Gasteiger partial charge in [0.05, 0.1) is 5.92 Å². The maximum Gasteiger partial charge on any atom is 0.307 e. The van der Waals surface area contributed by atoms with E-state index in [9.17, 15) is 13.6 Å². The SMILES string of the molecule is CC1(C(F)F)CC1C(=O)O. The van der Waals surface area contributed by atoms with Crippen molar-refractivity contribution in [2.75, 3.05) is 0 Å². The van der Waals surface area contributed by atoms with Gasteiger partial charge < -0.3 is 5.11 Å². The summed E-state index contributed by atoms with van der Waals surface area (Å²) in [5.41, 5.74) is -1.24. The number of hydrogen-bond donors (Lipinski definition) is 1. The molecule has 1 aliphatic carbocycles. The second-order valence-electron chi connectivity index (χ2n) is 2.90. The smallest absolute Gasteiger partial charge is 0.307 e. The summed E-state index contributed by atoms with van der Waals surface area (Å²) in [6, 6.07) is 0. The molecule has 1 fully saturated rings.